The molecular weight excluding hydrogens is 436 g/mol. The molecule has 0 saturated carbocycles. The van der Waals surface area contributed by atoms with E-state index in [1.807, 2.05) is 45.9 Å². The van der Waals surface area contributed by atoms with Crippen LogP contribution in [0.1, 0.15) is 42.3 Å². The van der Waals surface area contributed by atoms with E-state index in [0.29, 0.717) is 29.6 Å². The molecule has 29 heavy (non-hydrogen) atoms. The fraction of sp³-hybridized carbons (Fsp3) is 0.364. The number of halogens is 1. The van der Waals surface area contributed by atoms with Crippen LogP contribution < -0.4 is 20.3 Å². The van der Waals surface area contributed by atoms with Gasteiger partial charge < -0.3 is 9.47 Å². The van der Waals surface area contributed by atoms with Crippen LogP contribution in [0.15, 0.2) is 40.9 Å². The van der Waals surface area contributed by atoms with Crippen molar-refractivity contribution in [1.29, 1.82) is 0 Å². The molecule has 2 amide bonds. The molecule has 0 aliphatic carbocycles. The Morgan fingerprint density at radius 2 is 1.72 bits per heavy atom. The van der Waals surface area contributed by atoms with E-state index >= 15 is 0 Å². The highest BCUT2D eigenvalue weighted by atomic mass is 79.9. The van der Waals surface area contributed by atoms with E-state index in [1.165, 1.54) is 0 Å². The van der Waals surface area contributed by atoms with Crippen LogP contribution >= 0.6 is 15.9 Å². The Morgan fingerprint density at radius 3 is 2.38 bits per heavy atom. The highest BCUT2D eigenvalue weighted by Crippen LogP contribution is 2.24. The van der Waals surface area contributed by atoms with Gasteiger partial charge in [0.15, 0.2) is 6.10 Å². The molecule has 0 radical (unpaired) electrons. The Balaban J connectivity index is 1.97. The maximum Gasteiger partial charge on any atom is 0.279 e. The summed E-state index contributed by atoms with van der Waals surface area (Å²) in [5.74, 6) is 0.428. The van der Waals surface area contributed by atoms with Gasteiger partial charge in [-0.15, -0.1) is 0 Å². The third-order valence-electron chi connectivity index (χ3n) is 4.22. The highest BCUT2D eigenvalue weighted by Gasteiger charge is 2.18. The smallest absolute Gasteiger partial charge is 0.279 e. The minimum Gasteiger partial charge on any atom is -0.492 e. The molecule has 7 heteroatoms. The van der Waals surface area contributed by atoms with Gasteiger partial charge in [0.05, 0.1) is 12.2 Å². The summed E-state index contributed by atoms with van der Waals surface area (Å²) in [6.45, 7) is 10.1. The van der Waals surface area contributed by atoms with E-state index in [0.717, 1.165) is 15.6 Å². The topological polar surface area (TPSA) is 76.7 Å². The Kier molecular flexibility index (Phi) is 8.08. The number of carbonyl (C=O) groups excluding carboxylic acids is 2. The number of carbonyl (C=O) groups is 2. The number of hydrogen-bond donors (Lipinski definition) is 2. The van der Waals surface area contributed by atoms with E-state index in [2.05, 4.69) is 26.8 Å². The second kappa shape index (κ2) is 10.3. The zero-order chi connectivity index (χ0) is 21.6. The highest BCUT2D eigenvalue weighted by molar-refractivity contribution is 9.10. The summed E-state index contributed by atoms with van der Waals surface area (Å²) >= 11 is 3.35. The van der Waals surface area contributed by atoms with Gasteiger partial charge in [-0.3, -0.25) is 20.4 Å². The number of aryl methyl sites for hydroxylation is 2. The number of ether oxygens (including phenoxy) is 2. The zero-order valence-electron chi connectivity index (χ0n) is 17.3. The predicted octanol–water partition coefficient (Wildman–Crippen LogP) is 4.33. The molecule has 0 aliphatic heterocycles. The summed E-state index contributed by atoms with van der Waals surface area (Å²) in [5, 5.41) is 0. The number of hydrazine groups is 1. The molecule has 2 rings (SSSR count). The maximum absolute atomic E-state index is 12.6. The second-order valence-corrected chi connectivity index (χ2v) is 8.21. The lowest BCUT2D eigenvalue weighted by molar-refractivity contribution is -0.128. The van der Waals surface area contributed by atoms with Gasteiger partial charge in [0.2, 0.25) is 0 Å². The molecule has 0 fully saturated rings. The number of amides is 2. The minimum absolute atomic E-state index is 0.317. The van der Waals surface area contributed by atoms with Crippen LogP contribution in [0.5, 0.6) is 11.5 Å². The Labute approximate surface area is 180 Å². The van der Waals surface area contributed by atoms with Crippen LogP contribution in [0, 0.1) is 19.8 Å². The largest absolute Gasteiger partial charge is 0.492 e. The summed E-state index contributed by atoms with van der Waals surface area (Å²) in [5.41, 5.74) is 7.37. The first kappa shape index (κ1) is 22.7. The molecule has 0 aromatic heterocycles. The van der Waals surface area contributed by atoms with Crippen molar-refractivity contribution in [2.24, 2.45) is 5.92 Å². The molecule has 0 saturated heterocycles. The first-order valence-corrected chi connectivity index (χ1v) is 10.2. The van der Waals surface area contributed by atoms with Crippen molar-refractivity contribution in [2.45, 2.75) is 40.7 Å². The number of nitrogens with one attached hydrogen (secondary N) is 2. The first-order valence-electron chi connectivity index (χ1n) is 9.43. The van der Waals surface area contributed by atoms with Crippen molar-refractivity contribution in [3.05, 3.63) is 57.6 Å². The van der Waals surface area contributed by atoms with Gasteiger partial charge in [0.1, 0.15) is 11.5 Å². The number of benzene rings is 2. The molecule has 1 atom stereocenters. The van der Waals surface area contributed by atoms with Crippen LogP contribution in [-0.4, -0.2) is 24.5 Å². The van der Waals surface area contributed by atoms with Gasteiger partial charge in [0.25, 0.3) is 11.8 Å². The van der Waals surface area contributed by atoms with Crippen LogP contribution in [0.25, 0.3) is 0 Å². The molecule has 2 aromatic carbocycles. The summed E-state index contributed by atoms with van der Waals surface area (Å²) in [6.07, 6.45) is -0.781. The summed E-state index contributed by atoms with van der Waals surface area (Å²) in [7, 11) is 0. The van der Waals surface area contributed by atoms with Gasteiger partial charge >= 0.3 is 0 Å². The van der Waals surface area contributed by atoms with Gasteiger partial charge in [0, 0.05) is 4.47 Å². The minimum atomic E-state index is -0.781. The van der Waals surface area contributed by atoms with E-state index in [-0.39, 0.29) is 0 Å². The van der Waals surface area contributed by atoms with Gasteiger partial charge in [-0.25, -0.2) is 0 Å². The Morgan fingerprint density at radius 1 is 1.00 bits per heavy atom. The average Bonchev–Trinajstić information content (AvgIpc) is 2.67. The molecule has 0 spiro atoms. The lowest BCUT2D eigenvalue weighted by Gasteiger charge is -2.17. The van der Waals surface area contributed by atoms with Crippen LogP contribution in [-0.2, 0) is 4.79 Å². The molecular formula is C22H27BrN2O4. The molecule has 1 unspecified atom stereocenters. The van der Waals surface area contributed by atoms with Crippen molar-refractivity contribution >= 4 is 27.7 Å². The molecule has 0 aliphatic rings. The summed E-state index contributed by atoms with van der Waals surface area (Å²) in [6, 6.07) is 10.8. The summed E-state index contributed by atoms with van der Waals surface area (Å²) in [4.78, 5) is 24.9. The fourth-order valence-electron chi connectivity index (χ4n) is 2.39. The molecule has 2 aromatic rings. The van der Waals surface area contributed by atoms with Crippen molar-refractivity contribution < 1.29 is 19.1 Å². The lowest BCUT2D eigenvalue weighted by atomic mass is 10.1. The van der Waals surface area contributed by atoms with Crippen molar-refractivity contribution in [1.82, 2.24) is 10.9 Å². The third-order valence-corrected chi connectivity index (χ3v) is 4.71. The first-order chi connectivity index (χ1) is 13.7. The molecule has 156 valence electrons. The van der Waals surface area contributed by atoms with E-state index in [1.54, 1.807) is 25.1 Å². The van der Waals surface area contributed by atoms with E-state index in [4.69, 9.17) is 9.47 Å². The fourth-order valence-corrected chi connectivity index (χ4v) is 2.76. The lowest BCUT2D eigenvalue weighted by Crippen LogP contribution is -2.47. The monoisotopic (exact) mass is 462 g/mol. The normalized spacial score (nSPS) is 11.7. The van der Waals surface area contributed by atoms with Crippen LogP contribution in [0.3, 0.4) is 0 Å². The molecule has 0 bridgehead atoms. The van der Waals surface area contributed by atoms with Crippen molar-refractivity contribution in [3.63, 3.8) is 0 Å². The van der Waals surface area contributed by atoms with Crippen molar-refractivity contribution in [3.8, 4) is 11.5 Å². The SMILES string of the molecule is Cc1ccc(OC(C)C(=O)NNC(=O)c2cc(Br)ccc2OCC(C)C)cc1C. The Hall–Kier alpha value is -2.54. The average molecular weight is 463 g/mol. The van der Waals surface area contributed by atoms with Crippen LogP contribution in [0.2, 0.25) is 0 Å². The second-order valence-electron chi connectivity index (χ2n) is 7.29. The third kappa shape index (κ3) is 6.78. The zero-order valence-corrected chi connectivity index (χ0v) is 18.9. The molecule has 2 N–H and O–H groups in total. The predicted molar refractivity (Wildman–Crippen MR) is 116 cm³/mol. The Bertz CT molecular complexity index is 883. The molecule has 0 heterocycles. The number of rotatable bonds is 7. The van der Waals surface area contributed by atoms with Crippen molar-refractivity contribution in [2.75, 3.05) is 6.61 Å². The summed E-state index contributed by atoms with van der Waals surface area (Å²) < 4.78 is 12.1. The number of hydrogen-bond acceptors (Lipinski definition) is 4. The maximum atomic E-state index is 12.6. The van der Waals surface area contributed by atoms with Gasteiger partial charge in [-0.2, -0.15) is 0 Å². The quantitative estimate of drug-likeness (QED) is 0.600. The molecule has 6 nitrogen and oxygen atoms in total. The van der Waals surface area contributed by atoms with Gasteiger partial charge in [-0.1, -0.05) is 35.8 Å². The standard InChI is InChI=1S/C22H27BrN2O4/c1-13(2)12-28-20-9-7-17(23)11-19(20)22(27)25-24-21(26)16(5)29-18-8-6-14(3)15(4)10-18/h6-11,13,16H,12H2,1-5H3,(H,24,26)(H,25,27). The van der Waals surface area contributed by atoms with E-state index < -0.39 is 17.9 Å². The van der Waals surface area contributed by atoms with Crippen LogP contribution in [0.4, 0.5) is 0 Å². The van der Waals surface area contributed by atoms with E-state index in [9.17, 15) is 9.59 Å². The van der Waals surface area contributed by atoms with Gasteiger partial charge in [-0.05, 0) is 68.1 Å².